The molecule has 166 valence electrons. The van der Waals surface area contributed by atoms with Gasteiger partial charge in [0.05, 0.1) is 6.04 Å². The van der Waals surface area contributed by atoms with Crippen LogP contribution in [0.3, 0.4) is 0 Å². The van der Waals surface area contributed by atoms with Crippen molar-refractivity contribution >= 4 is 41.2 Å². The van der Waals surface area contributed by atoms with E-state index in [-0.39, 0.29) is 42.1 Å². The average molecular weight is 470 g/mol. The highest BCUT2D eigenvalue weighted by Gasteiger charge is 2.47. The summed E-state index contributed by atoms with van der Waals surface area (Å²) in [5, 5.41) is 4.90. The summed E-state index contributed by atoms with van der Waals surface area (Å²) in [5.41, 5.74) is 2.94. The number of nitrogens with zero attached hydrogens (tertiary/aromatic N) is 2. The van der Waals surface area contributed by atoms with Crippen LogP contribution < -0.4 is 5.32 Å². The van der Waals surface area contributed by atoms with Gasteiger partial charge in [-0.1, -0.05) is 65.7 Å². The number of rotatable bonds is 7. The molecule has 6 nitrogen and oxygen atoms in total. The number of fused-ring (bicyclic) bond motifs is 1. The molecule has 0 bridgehead atoms. The number of nitrogens with one attached hydrogen (secondary N) is 1. The fraction of sp³-hybridized carbons (Fsp3) is 0.292. The number of urea groups is 1. The average Bonchev–Trinajstić information content (AvgIpc) is 3.26. The molecule has 2 unspecified atom stereocenters. The fourth-order valence-corrected chi connectivity index (χ4v) is 5.18. The van der Waals surface area contributed by atoms with Gasteiger partial charge in [-0.05, 0) is 29.5 Å². The summed E-state index contributed by atoms with van der Waals surface area (Å²) < 4.78 is 0. The molecule has 1 N–H and O–H groups in total. The lowest BCUT2D eigenvalue weighted by molar-refractivity contribution is -0.131. The van der Waals surface area contributed by atoms with E-state index in [1.165, 1.54) is 16.7 Å². The monoisotopic (exact) mass is 469 g/mol. The van der Waals surface area contributed by atoms with Crippen molar-refractivity contribution in [3.05, 3.63) is 81.7 Å². The number of hydrogen-bond donors (Lipinski definition) is 1. The Kier molecular flexibility index (Phi) is 6.86. The second-order valence-corrected chi connectivity index (χ2v) is 9.34. The fourth-order valence-electron chi connectivity index (χ4n) is 3.92. The van der Waals surface area contributed by atoms with E-state index in [0.717, 1.165) is 16.7 Å². The van der Waals surface area contributed by atoms with E-state index >= 15 is 0 Å². The molecule has 1 fully saturated rings. The summed E-state index contributed by atoms with van der Waals surface area (Å²) in [4.78, 5) is 41.5. The molecule has 0 aliphatic carbocycles. The molecule has 4 amide bonds. The molecule has 2 aliphatic heterocycles. The second kappa shape index (κ2) is 9.79. The molecule has 2 aromatic carbocycles. The van der Waals surface area contributed by atoms with Crippen LogP contribution in [0.25, 0.3) is 0 Å². The molecule has 0 radical (unpaired) electrons. The third-order valence-corrected chi connectivity index (χ3v) is 7.05. The van der Waals surface area contributed by atoms with Crippen LogP contribution in [0, 0.1) is 6.92 Å². The third-order valence-electron chi connectivity index (χ3n) is 5.59. The molecular formula is C24H24ClN3O3S. The first-order valence-corrected chi connectivity index (χ1v) is 11.8. The molecule has 8 heteroatoms. The Morgan fingerprint density at radius 2 is 1.97 bits per heavy atom. The molecular weight excluding hydrogens is 446 g/mol. The molecule has 2 aliphatic rings. The van der Waals surface area contributed by atoms with E-state index in [2.05, 4.69) is 5.32 Å². The number of benzene rings is 2. The van der Waals surface area contributed by atoms with Crippen molar-refractivity contribution in [1.29, 1.82) is 0 Å². The molecule has 0 aromatic heterocycles. The standard InChI is InChI=1S/C24H24ClN3O3S/c1-16-5-4-6-17(13-16)15-28-20-10-12-32-22(20)23(30)27(24(28)31)11-9-21(29)26-14-18-7-2-3-8-19(18)25/h2-8,10,12-13,20,22H,9,11,14-15H2,1H3,(H,26,29). The summed E-state index contributed by atoms with van der Waals surface area (Å²) in [7, 11) is 0. The van der Waals surface area contributed by atoms with Crippen LogP contribution in [0.4, 0.5) is 4.79 Å². The van der Waals surface area contributed by atoms with Crippen LogP contribution in [0.2, 0.25) is 5.02 Å². The first kappa shape index (κ1) is 22.4. The Labute approximate surface area is 196 Å². The van der Waals surface area contributed by atoms with Crippen molar-refractivity contribution < 1.29 is 14.4 Å². The van der Waals surface area contributed by atoms with E-state index in [4.69, 9.17) is 11.6 Å². The maximum absolute atomic E-state index is 13.2. The maximum atomic E-state index is 13.2. The molecule has 0 saturated carbocycles. The lowest BCUT2D eigenvalue weighted by atomic mass is 10.1. The highest BCUT2D eigenvalue weighted by atomic mass is 35.5. The largest absolute Gasteiger partial charge is 0.352 e. The van der Waals surface area contributed by atoms with E-state index in [9.17, 15) is 14.4 Å². The summed E-state index contributed by atoms with van der Waals surface area (Å²) in [6, 6.07) is 14.6. The van der Waals surface area contributed by atoms with Crippen molar-refractivity contribution in [2.24, 2.45) is 0 Å². The van der Waals surface area contributed by atoms with Gasteiger partial charge in [-0.2, -0.15) is 0 Å². The lowest BCUT2D eigenvalue weighted by Crippen LogP contribution is -2.61. The zero-order valence-electron chi connectivity index (χ0n) is 17.7. The lowest BCUT2D eigenvalue weighted by Gasteiger charge is -2.41. The van der Waals surface area contributed by atoms with Gasteiger partial charge in [0.2, 0.25) is 11.8 Å². The third kappa shape index (κ3) is 4.84. The van der Waals surface area contributed by atoms with E-state index in [0.29, 0.717) is 18.1 Å². The van der Waals surface area contributed by atoms with Gasteiger partial charge in [0, 0.05) is 31.1 Å². The Morgan fingerprint density at radius 1 is 1.16 bits per heavy atom. The highest BCUT2D eigenvalue weighted by Crippen LogP contribution is 2.35. The second-order valence-electron chi connectivity index (χ2n) is 7.88. The summed E-state index contributed by atoms with van der Waals surface area (Å²) >= 11 is 7.55. The molecule has 2 heterocycles. The summed E-state index contributed by atoms with van der Waals surface area (Å²) in [6.07, 6.45) is 1.95. The molecule has 1 saturated heterocycles. The van der Waals surface area contributed by atoms with Crippen molar-refractivity contribution in [1.82, 2.24) is 15.1 Å². The number of thioether (sulfide) groups is 1. The van der Waals surface area contributed by atoms with E-state index in [1.807, 2.05) is 60.9 Å². The molecule has 2 aromatic rings. The van der Waals surface area contributed by atoms with Crippen LogP contribution in [-0.2, 0) is 22.7 Å². The van der Waals surface area contributed by atoms with Gasteiger partial charge in [0.25, 0.3) is 0 Å². The summed E-state index contributed by atoms with van der Waals surface area (Å²) in [5.74, 6) is -0.482. The van der Waals surface area contributed by atoms with Crippen LogP contribution in [0.1, 0.15) is 23.1 Å². The Bertz CT molecular complexity index is 1070. The smallest absolute Gasteiger partial charge is 0.327 e. The zero-order valence-corrected chi connectivity index (χ0v) is 19.2. The van der Waals surface area contributed by atoms with Crippen LogP contribution in [0.5, 0.6) is 0 Å². The number of hydrogen-bond acceptors (Lipinski definition) is 4. The van der Waals surface area contributed by atoms with Gasteiger partial charge in [0.15, 0.2) is 0 Å². The highest BCUT2D eigenvalue weighted by molar-refractivity contribution is 8.03. The first-order chi connectivity index (χ1) is 15.4. The number of halogens is 1. The Balaban J connectivity index is 1.41. The van der Waals surface area contributed by atoms with Gasteiger partial charge in [-0.25, -0.2) is 4.79 Å². The minimum Gasteiger partial charge on any atom is -0.352 e. The van der Waals surface area contributed by atoms with Crippen molar-refractivity contribution in [2.75, 3.05) is 6.54 Å². The normalized spacial score (nSPS) is 19.9. The van der Waals surface area contributed by atoms with Gasteiger partial charge in [0.1, 0.15) is 5.25 Å². The number of imide groups is 1. The molecule has 4 rings (SSSR count). The van der Waals surface area contributed by atoms with Gasteiger partial charge in [-0.3, -0.25) is 14.5 Å². The van der Waals surface area contributed by atoms with E-state index in [1.54, 1.807) is 11.0 Å². The SMILES string of the molecule is Cc1cccc(CN2C(=O)N(CCC(=O)NCc3ccccc3Cl)C(=O)C3SC=CC32)c1. The van der Waals surface area contributed by atoms with Gasteiger partial charge >= 0.3 is 6.03 Å². The van der Waals surface area contributed by atoms with Gasteiger partial charge < -0.3 is 10.2 Å². The molecule has 0 spiro atoms. The zero-order chi connectivity index (χ0) is 22.7. The van der Waals surface area contributed by atoms with Gasteiger partial charge in [-0.15, -0.1) is 11.8 Å². The predicted octanol–water partition coefficient (Wildman–Crippen LogP) is 4.12. The number of amides is 4. The quantitative estimate of drug-likeness (QED) is 0.662. The molecule has 32 heavy (non-hydrogen) atoms. The minimum absolute atomic E-state index is 0.0374. The van der Waals surface area contributed by atoms with Crippen LogP contribution >= 0.6 is 23.4 Å². The summed E-state index contributed by atoms with van der Waals surface area (Å²) in [6.45, 7) is 2.76. The minimum atomic E-state index is -0.372. The van der Waals surface area contributed by atoms with Crippen LogP contribution in [-0.4, -0.2) is 45.5 Å². The number of aryl methyl sites for hydroxylation is 1. The Hall–Kier alpha value is -2.77. The van der Waals surface area contributed by atoms with E-state index < -0.39 is 0 Å². The predicted molar refractivity (Wildman–Crippen MR) is 126 cm³/mol. The molecule has 2 atom stereocenters. The van der Waals surface area contributed by atoms with Crippen molar-refractivity contribution in [3.63, 3.8) is 0 Å². The van der Waals surface area contributed by atoms with Crippen LogP contribution in [0.15, 0.2) is 60.0 Å². The van der Waals surface area contributed by atoms with Crippen molar-refractivity contribution in [2.45, 2.75) is 37.7 Å². The number of carbonyl (C=O) groups is 3. The Morgan fingerprint density at radius 3 is 2.75 bits per heavy atom. The topological polar surface area (TPSA) is 69.7 Å². The van der Waals surface area contributed by atoms with Crippen molar-refractivity contribution in [3.8, 4) is 0 Å². The maximum Gasteiger partial charge on any atom is 0.327 e. The first-order valence-electron chi connectivity index (χ1n) is 10.4. The number of carbonyl (C=O) groups excluding carboxylic acids is 3.